The maximum Gasteiger partial charge on any atom is 0.242 e. The second-order valence-corrected chi connectivity index (χ2v) is 6.14. The molecule has 2 aromatic carbocycles. The molecule has 0 aliphatic carbocycles. The number of carbonyl (C=O) groups excluding carboxylic acids is 2. The van der Waals surface area contributed by atoms with Crippen LogP contribution in [0, 0.1) is 0 Å². The number of nitrogens with two attached hydrogens (primary N) is 2. The van der Waals surface area contributed by atoms with Gasteiger partial charge in [-0.2, -0.15) is 0 Å². The highest BCUT2D eigenvalue weighted by atomic mass is 35.5. The summed E-state index contributed by atoms with van der Waals surface area (Å²) in [6.45, 7) is 0.555. The van der Waals surface area contributed by atoms with Crippen molar-refractivity contribution < 1.29 is 19.1 Å². The summed E-state index contributed by atoms with van der Waals surface area (Å²) in [6, 6.07) is 16.3. The first-order valence-corrected chi connectivity index (χ1v) is 8.57. The highest BCUT2D eigenvalue weighted by Crippen LogP contribution is 2.16. The Morgan fingerprint density at radius 1 is 1.04 bits per heavy atom. The van der Waals surface area contributed by atoms with Crippen LogP contribution in [0.2, 0.25) is 0 Å². The molecule has 2 rings (SSSR count). The van der Waals surface area contributed by atoms with Crippen LogP contribution in [0.15, 0.2) is 54.6 Å². The minimum atomic E-state index is -0.845. The molecular weight excluding hydrogens is 382 g/mol. The Morgan fingerprint density at radius 2 is 1.68 bits per heavy atom. The zero-order chi connectivity index (χ0) is 19.6. The molecule has 0 saturated carbocycles. The summed E-state index contributed by atoms with van der Waals surface area (Å²) in [7, 11) is 1.46. The first-order valence-electron chi connectivity index (χ1n) is 8.57. The Morgan fingerprint density at radius 3 is 2.25 bits per heavy atom. The number of methoxy groups -OCH3 is 1. The summed E-state index contributed by atoms with van der Waals surface area (Å²) >= 11 is 0. The van der Waals surface area contributed by atoms with Crippen molar-refractivity contribution >= 4 is 24.2 Å². The fraction of sp³-hybridized carbons (Fsp3) is 0.300. The smallest absolute Gasteiger partial charge is 0.242 e. The monoisotopic (exact) mass is 407 g/mol. The molecular formula is C20H26ClN3O4. The maximum absolute atomic E-state index is 12.4. The van der Waals surface area contributed by atoms with E-state index < -0.39 is 11.9 Å². The van der Waals surface area contributed by atoms with Crippen LogP contribution in [0.3, 0.4) is 0 Å². The molecule has 0 bridgehead atoms. The van der Waals surface area contributed by atoms with E-state index in [1.54, 1.807) is 0 Å². The standard InChI is InChI=1S/C20H25N3O4.ClH/c1-26-14-18(21)20(25)23(12-19(22)24)11-15-7-9-17(10-8-15)27-13-16-5-3-2-4-6-16;/h2-10,18H,11-14,21H2,1H3,(H2,22,24);1H. The minimum absolute atomic E-state index is 0. The largest absolute Gasteiger partial charge is 0.489 e. The van der Waals surface area contributed by atoms with Gasteiger partial charge in [-0.05, 0) is 23.3 Å². The Labute approximate surface area is 171 Å². The topological polar surface area (TPSA) is 108 Å². The van der Waals surface area contributed by atoms with Gasteiger partial charge in [-0.1, -0.05) is 42.5 Å². The van der Waals surface area contributed by atoms with E-state index >= 15 is 0 Å². The molecule has 1 atom stereocenters. The molecule has 0 spiro atoms. The van der Waals surface area contributed by atoms with Gasteiger partial charge in [-0.25, -0.2) is 0 Å². The predicted molar refractivity (Wildman–Crippen MR) is 109 cm³/mol. The summed E-state index contributed by atoms with van der Waals surface area (Å²) in [4.78, 5) is 25.0. The van der Waals surface area contributed by atoms with Gasteiger partial charge in [-0.3, -0.25) is 9.59 Å². The summed E-state index contributed by atoms with van der Waals surface area (Å²) in [6.07, 6.45) is 0. The lowest BCUT2D eigenvalue weighted by atomic mass is 10.1. The third-order valence-electron chi connectivity index (χ3n) is 3.87. The lowest BCUT2D eigenvalue weighted by molar-refractivity contribution is -0.137. The second kappa shape index (κ2) is 12.0. The number of primary amides is 1. The van der Waals surface area contributed by atoms with Crippen LogP contribution in [0.4, 0.5) is 0 Å². The van der Waals surface area contributed by atoms with Crippen molar-refractivity contribution in [2.24, 2.45) is 11.5 Å². The molecule has 4 N–H and O–H groups in total. The molecule has 0 aromatic heterocycles. The normalized spacial score (nSPS) is 11.2. The van der Waals surface area contributed by atoms with Gasteiger partial charge < -0.3 is 25.8 Å². The van der Waals surface area contributed by atoms with Crippen molar-refractivity contribution in [3.63, 3.8) is 0 Å². The predicted octanol–water partition coefficient (Wildman–Crippen LogP) is 1.48. The fourth-order valence-corrected chi connectivity index (χ4v) is 2.54. The summed E-state index contributed by atoms with van der Waals surface area (Å²) in [5.74, 6) is -0.276. The Balaban J connectivity index is 0.00000392. The number of hydrogen-bond acceptors (Lipinski definition) is 5. The van der Waals surface area contributed by atoms with Crippen molar-refractivity contribution in [2.45, 2.75) is 19.2 Å². The fourth-order valence-electron chi connectivity index (χ4n) is 2.54. The van der Waals surface area contributed by atoms with E-state index in [0.29, 0.717) is 12.4 Å². The van der Waals surface area contributed by atoms with Crippen LogP contribution in [0.5, 0.6) is 5.75 Å². The van der Waals surface area contributed by atoms with E-state index in [-0.39, 0.29) is 38.0 Å². The first-order chi connectivity index (χ1) is 13.0. The van der Waals surface area contributed by atoms with E-state index in [2.05, 4.69) is 0 Å². The van der Waals surface area contributed by atoms with Gasteiger partial charge in [0.05, 0.1) is 13.2 Å². The number of halogens is 1. The lowest BCUT2D eigenvalue weighted by Crippen LogP contribution is -2.48. The molecule has 1 unspecified atom stereocenters. The molecule has 8 heteroatoms. The van der Waals surface area contributed by atoms with E-state index in [9.17, 15) is 9.59 Å². The van der Waals surface area contributed by atoms with Crippen molar-refractivity contribution in [1.82, 2.24) is 4.90 Å². The third-order valence-corrected chi connectivity index (χ3v) is 3.87. The summed E-state index contributed by atoms with van der Waals surface area (Å²) in [5, 5.41) is 0. The molecule has 0 heterocycles. The first kappa shape index (κ1) is 23.4. The second-order valence-electron chi connectivity index (χ2n) is 6.14. The van der Waals surface area contributed by atoms with Crippen LogP contribution in [0.1, 0.15) is 11.1 Å². The number of nitrogens with zero attached hydrogens (tertiary/aromatic N) is 1. The molecule has 2 aromatic rings. The van der Waals surface area contributed by atoms with Gasteiger partial charge in [0.15, 0.2) is 0 Å². The van der Waals surface area contributed by atoms with Crippen LogP contribution >= 0.6 is 12.4 Å². The Kier molecular flexibility index (Phi) is 10.0. The third kappa shape index (κ3) is 7.56. The Bertz CT molecular complexity index is 741. The maximum atomic E-state index is 12.4. The number of amides is 2. The average Bonchev–Trinajstić information content (AvgIpc) is 2.67. The van der Waals surface area contributed by atoms with E-state index in [0.717, 1.165) is 11.1 Å². The molecule has 0 aliphatic rings. The molecule has 0 radical (unpaired) electrons. The number of carbonyl (C=O) groups is 2. The number of hydrogen-bond donors (Lipinski definition) is 2. The van der Waals surface area contributed by atoms with Gasteiger partial charge >= 0.3 is 0 Å². The zero-order valence-corrected chi connectivity index (χ0v) is 16.6. The quantitative estimate of drug-likeness (QED) is 0.620. The van der Waals surface area contributed by atoms with Crippen molar-refractivity contribution in [3.8, 4) is 5.75 Å². The Hall–Kier alpha value is -2.61. The highest BCUT2D eigenvalue weighted by molar-refractivity contribution is 5.86. The van der Waals surface area contributed by atoms with Gasteiger partial charge in [0.2, 0.25) is 11.8 Å². The molecule has 0 fully saturated rings. The van der Waals surface area contributed by atoms with Crippen molar-refractivity contribution in [3.05, 3.63) is 65.7 Å². The number of benzene rings is 2. The molecule has 28 heavy (non-hydrogen) atoms. The molecule has 152 valence electrons. The van der Waals surface area contributed by atoms with Crippen LogP contribution in [-0.4, -0.2) is 43.0 Å². The van der Waals surface area contributed by atoms with Crippen LogP contribution in [-0.2, 0) is 27.5 Å². The SMILES string of the molecule is COCC(N)C(=O)N(CC(N)=O)Cc1ccc(OCc2ccccc2)cc1.Cl. The average molecular weight is 408 g/mol. The molecule has 0 aliphatic heterocycles. The van der Waals surface area contributed by atoms with Gasteiger partial charge in [0.25, 0.3) is 0 Å². The van der Waals surface area contributed by atoms with E-state index in [4.69, 9.17) is 20.9 Å². The summed E-state index contributed by atoms with van der Waals surface area (Å²) in [5.41, 5.74) is 13.0. The molecule has 2 amide bonds. The van der Waals surface area contributed by atoms with Crippen molar-refractivity contribution in [2.75, 3.05) is 20.3 Å². The number of ether oxygens (including phenoxy) is 2. The summed E-state index contributed by atoms with van der Waals surface area (Å²) < 4.78 is 10.6. The van der Waals surface area contributed by atoms with Gasteiger partial charge in [0.1, 0.15) is 18.4 Å². The van der Waals surface area contributed by atoms with Gasteiger partial charge in [0, 0.05) is 13.7 Å². The highest BCUT2D eigenvalue weighted by Gasteiger charge is 2.22. The van der Waals surface area contributed by atoms with Crippen LogP contribution < -0.4 is 16.2 Å². The van der Waals surface area contributed by atoms with E-state index in [1.807, 2.05) is 54.6 Å². The lowest BCUT2D eigenvalue weighted by Gasteiger charge is -2.24. The number of rotatable bonds is 10. The van der Waals surface area contributed by atoms with Crippen LogP contribution in [0.25, 0.3) is 0 Å². The van der Waals surface area contributed by atoms with E-state index in [1.165, 1.54) is 12.0 Å². The minimum Gasteiger partial charge on any atom is -0.489 e. The molecule has 7 nitrogen and oxygen atoms in total. The zero-order valence-electron chi connectivity index (χ0n) is 15.7. The van der Waals surface area contributed by atoms with Crippen molar-refractivity contribution in [1.29, 1.82) is 0 Å². The van der Waals surface area contributed by atoms with Gasteiger partial charge in [-0.15, -0.1) is 12.4 Å². The molecule has 0 saturated heterocycles.